The zero-order valence-electron chi connectivity index (χ0n) is 17.3. The summed E-state index contributed by atoms with van der Waals surface area (Å²) in [6, 6.07) is 13.3. The van der Waals surface area contributed by atoms with Crippen LogP contribution in [-0.4, -0.2) is 41.2 Å². The molecule has 31 heavy (non-hydrogen) atoms. The summed E-state index contributed by atoms with van der Waals surface area (Å²) in [5, 5.41) is 30.7. The van der Waals surface area contributed by atoms with E-state index >= 15 is 0 Å². The number of carbonyl (C=O) groups is 1. The van der Waals surface area contributed by atoms with Crippen LogP contribution in [0.4, 0.5) is 0 Å². The Morgan fingerprint density at radius 1 is 1.13 bits per heavy atom. The third-order valence-corrected chi connectivity index (χ3v) is 5.52. The maximum Gasteiger partial charge on any atom is 0.273 e. The Labute approximate surface area is 182 Å². The van der Waals surface area contributed by atoms with Crippen LogP contribution in [0.2, 0.25) is 0 Å². The maximum absolute atomic E-state index is 12.5. The lowest BCUT2D eigenvalue weighted by molar-refractivity contribution is 0.0737. The second kappa shape index (κ2) is 8.32. The number of carbonyl (C=O) groups excluding carboxylic acids is 1. The average molecular weight is 436 g/mol. The topological polar surface area (TPSA) is 119 Å². The molecule has 0 saturated carbocycles. The molecule has 0 aliphatic carbocycles. The van der Waals surface area contributed by atoms with Gasteiger partial charge in [0.15, 0.2) is 5.69 Å². The van der Waals surface area contributed by atoms with Crippen LogP contribution >= 0.6 is 11.3 Å². The molecule has 0 atom stereocenters. The fourth-order valence-corrected chi connectivity index (χ4v) is 3.68. The number of aliphatic hydroxyl groups is 1. The number of benzene rings is 1. The minimum Gasteiger partial charge on any atom is -0.384 e. The minimum atomic E-state index is -1.04. The van der Waals surface area contributed by atoms with Crippen LogP contribution in [0.15, 0.2) is 48.7 Å². The van der Waals surface area contributed by atoms with E-state index in [4.69, 9.17) is 0 Å². The van der Waals surface area contributed by atoms with Gasteiger partial charge in [-0.3, -0.25) is 9.78 Å². The van der Waals surface area contributed by atoms with Gasteiger partial charge in [-0.1, -0.05) is 46.9 Å². The van der Waals surface area contributed by atoms with Gasteiger partial charge in [-0.2, -0.15) is 0 Å². The Kier molecular flexibility index (Phi) is 5.57. The van der Waals surface area contributed by atoms with Crippen molar-refractivity contribution in [2.75, 3.05) is 0 Å². The molecular formula is C21H21N7O2S. The molecule has 2 N–H and O–H groups in total. The normalized spacial score (nSPS) is 11.5. The van der Waals surface area contributed by atoms with Gasteiger partial charge >= 0.3 is 0 Å². The van der Waals surface area contributed by atoms with E-state index in [0.717, 1.165) is 10.6 Å². The fourth-order valence-electron chi connectivity index (χ4n) is 2.89. The van der Waals surface area contributed by atoms with Gasteiger partial charge in [-0.25, -0.2) is 4.68 Å². The molecule has 4 rings (SSSR count). The molecule has 1 amide bonds. The van der Waals surface area contributed by atoms with E-state index in [9.17, 15) is 9.90 Å². The molecule has 1 aromatic carbocycles. The van der Waals surface area contributed by atoms with Crippen LogP contribution in [0, 0.1) is 6.92 Å². The Balaban J connectivity index is 1.43. The van der Waals surface area contributed by atoms with Gasteiger partial charge in [0.1, 0.15) is 15.6 Å². The Hall–Kier alpha value is -3.50. The molecule has 0 unspecified atom stereocenters. The lowest BCUT2D eigenvalue weighted by Gasteiger charge is -2.17. The van der Waals surface area contributed by atoms with Crippen molar-refractivity contribution in [2.45, 2.75) is 32.9 Å². The van der Waals surface area contributed by atoms with Crippen molar-refractivity contribution >= 4 is 17.2 Å². The number of hydrogen-bond acceptors (Lipinski definition) is 8. The van der Waals surface area contributed by atoms with Gasteiger partial charge in [-0.15, -0.1) is 15.3 Å². The number of rotatable bonds is 6. The van der Waals surface area contributed by atoms with Crippen molar-refractivity contribution < 1.29 is 9.90 Å². The quantitative estimate of drug-likeness (QED) is 0.478. The monoisotopic (exact) mass is 435 g/mol. The van der Waals surface area contributed by atoms with E-state index in [1.165, 1.54) is 16.0 Å². The SMILES string of the molecule is Cc1nc(C(C)(C)O)ccc1-n1cc(C(=O)NCc2nnc(-c3ccccc3)s2)nn1. The van der Waals surface area contributed by atoms with Crippen molar-refractivity contribution in [1.29, 1.82) is 0 Å². The Morgan fingerprint density at radius 3 is 2.61 bits per heavy atom. The highest BCUT2D eigenvalue weighted by atomic mass is 32.1. The first kappa shape index (κ1) is 20.8. The zero-order valence-corrected chi connectivity index (χ0v) is 18.1. The largest absolute Gasteiger partial charge is 0.384 e. The fraction of sp³-hybridized carbons (Fsp3) is 0.238. The first-order chi connectivity index (χ1) is 14.8. The molecule has 10 heteroatoms. The van der Waals surface area contributed by atoms with Crippen LogP contribution in [0.5, 0.6) is 0 Å². The summed E-state index contributed by atoms with van der Waals surface area (Å²) >= 11 is 1.42. The Morgan fingerprint density at radius 2 is 1.90 bits per heavy atom. The summed E-state index contributed by atoms with van der Waals surface area (Å²) in [5.74, 6) is -0.360. The molecule has 0 radical (unpaired) electrons. The van der Waals surface area contributed by atoms with Crippen molar-refractivity contribution in [3.63, 3.8) is 0 Å². The predicted octanol–water partition coefficient (Wildman–Crippen LogP) is 2.65. The third kappa shape index (κ3) is 4.65. The van der Waals surface area contributed by atoms with Crippen LogP contribution in [0.25, 0.3) is 16.3 Å². The summed E-state index contributed by atoms with van der Waals surface area (Å²) in [6.45, 7) is 5.41. The summed E-state index contributed by atoms with van der Waals surface area (Å²) in [5.41, 5.74) is 2.02. The van der Waals surface area contributed by atoms with Crippen LogP contribution < -0.4 is 5.32 Å². The highest BCUT2D eigenvalue weighted by molar-refractivity contribution is 7.14. The van der Waals surface area contributed by atoms with E-state index in [2.05, 4.69) is 30.8 Å². The van der Waals surface area contributed by atoms with E-state index in [1.54, 1.807) is 32.2 Å². The highest BCUT2D eigenvalue weighted by Crippen LogP contribution is 2.23. The molecule has 9 nitrogen and oxygen atoms in total. The number of aryl methyl sites for hydroxylation is 1. The van der Waals surface area contributed by atoms with Crippen LogP contribution in [-0.2, 0) is 12.1 Å². The molecule has 0 spiro atoms. The van der Waals surface area contributed by atoms with E-state index in [0.29, 0.717) is 22.1 Å². The standard InChI is InChI=1S/C21H21N7O2S/c1-13-16(9-10-17(23-13)21(2,3)30)28-12-15(24-27-28)19(29)22-11-18-25-26-20(31-18)14-7-5-4-6-8-14/h4-10,12,30H,11H2,1-3H3,(H,22,29). The maximum atomic E-state index is 12.5. The van der Waals surface area contributed by atoms with Gasteiger partial charge in [0, 0.05) is 5.56 Å². The summed E-state index contributed by atoms with van der Waals surface area (Å²) < 4.78 is 1.49. The molecule has 158 valence electrons. The second-order valence-corrected chi connectivity index (χ2v) is 8.52. The molecule has 3 heterocycles. The molecule has 0 aliphatic heterocycles. The summed E-state index contributed by atoms with van der Waals surface area (Å²) in [7, 11) is 0. The highest BCUT2D eigenvalue weighted by Gasteiger charge is 2.20. The second-order valence-electron chi connectivity index (χ2n) is 7.46. The molecular weight excluding hydrogens is 414 g/mol. The van der Waals surface area contributed by atoms with Crippen LogP contribution in [0.3, 0.4) is 0 Å². The molecule has 0 bridgehead atoms. The van der Waals surface area contributed by atoms with Crippen molar-refractivity contribution in [3.8, 4) is 16.3 Å². The molecule has 3 aromatic heterocycles. The van der Waals surface area contributed by atoms with Crippen molar-refractivity contribution in [1.82, 2.24) is 35.5 Å². The number of amides is 1. The number of nitrogens with zero attached hydrogens (tertiary/aromatic N) is 6. The predicted molar refractivity (Wildman–Crippen MR) is 116 cm³/mol. The zero-order chi connectivity index (χ0) is 22.0. The molecule has 4 aromatic rings. The first-order valence-corrected chi connectivity index (χ1v) is 10.4. The minimum absolute atomic E-state index is 0.179. The van der Waals surface area contributed by atoms with Crippen molar-refractivity contribution in [3.05, 3.63) is 70.8 Å². The summed E-state index contributed by atoms with van der Waals surface area (Å²) in [4.78, 5) is 16.9. The number of aromatic nitrogens is 6. The smallest absolute Gasteiger partial charge is 0.273 e. The van der Waals surface area contributed by atoms with E-state index in [-0.39, 0.29) is 18.1 Å². The number of nitrogens with one attached hydrogen (secondary N) is 1. The lowest BCUT2D eigenvalue weighted by Crippen LogP contribution is -2.23. The van der Waals surface area contributed by atoms with Gasteiger partial charge in [0.25, 0.3) is 5.91 Å². The van der Waals surface area contributed by atoms with Crippen molar-refractivity contribution in [2.24, 2.45) is 0 Å². The number of hydrogen-bond donors (Lipinski definition) is 2. The van der Waals surface area contributed by atoms with Gasteiger partial charge in [0.2, 0.25) is 0 Å². The first-order valence-electron chi connectivity index (χ1n) is 9.60. The van der Waals surface area contributed by atoms with E-state index in [1.807, 2.05) is 37.3 Å². The number of pyridine rings is 1. The summed E-state index contributed by atoms with van der Waals surface area (Å²) in [6.07, 6.45) is 1.54. The Bertz CT molecular complexity index is 1210. The van der Waals surface area contributed by atoms with Gasteiger partial charge in [-0.05, 0) is 32.9 Å². The van der Waals surface area contributed by atoms with E-state index < -0.39 is 5.60 Å². The van der Waals surface area contributed by atoms with Gasteiger partial charge in [0.05, 0.1) is 29.8 Å². The lowest BCUT2D eigenvalue weighted by atomic mass is 10.0. The molecule has 0 saturated heterocycles. The third-order valence-electron chi connectivity index (χ3n) is 4.55. The average Bonchev–Trinajstić information content (AvgIpc) is 3.42. The van der Waals surface area contributed by atoms with Crippen LogP contribution in [0.1, 0.15) is 40.7 Å². The van der Waals surface area contributed by atoms with Gasteiger partial charge < -0.3 is 10.4 Å². The molecule has 0 aliphatic rings. The molecule has 0 fully saturated rings.